The summed E-state index contributed by atoms with van der Waals surface area (Å²) in [5, 5.41) is 9.21. The molecular weight excluding hydrogens is 410 g/mol. The van der Waals surface area contributed by atoms with Crippen LogP contribution in [0.5, 0.6) is 0 Å². The number of hydrogen-bond donors (Lipinski definition) is 1. The summed E-state index contributed by atoms with van der Waals surface area (Å²) in [6.07, 6.45) is -1.13. The lowest BCUT2D eigenvalue weighted by Gasteiger charge is -2.23. The summed E-state index contributed by atoms with van der Waals surface area (Å²) in [4.78, 5) is 30.1. The van der Waals surface area contributed by atoms with Gasteiger partial charge < -0.3 is 24.4 Å². The van der Waals surface area contributed by atoms with Crippen LogP contribution >= 0.6 is 0 Å². The second kappa shape index (κ2) is 8.70. The molecule has 168 valence electrons. The number of anilines is 2. The molecule has 3 atom stereocenters. The molecule has 3 fully saturated rings. The average Bonchev–Trinajstić information content (AvgIpc) is 3.51. The fraction of sp³-hybridized carbons (Fsp3) is 0.417. The number of hydrogen-bond acceptors (Lipinski definition) is 6. The molecule has 1 N–H and O–H groups in total. The van der Waals surface area contributed by atoms with Crippen molar-refractivity contribution in [3.63, 3.8) is 0 Å². The third kappa shape index (κ3) is 4.10. The van der Waals surface area contributed by atoms with Gasteiger partial charge in [-0.05, 0) is 29.8 Å². The molecule has 0 unspecified atom stereocenters. The Morgan fingerprint density at radius 3 is 2.22 bits per heavy atom. The molecule has 0 spiro atoms. The van der Waals surface area contributed by atoms with Gasteiger partial charge in [-0.1, -0.05) is 30.3 Å². The summed E-state index contributed by atoms with van der Waals surface area (Å²) in [6, 6.07) is 17.6. The quantitative estimate of drug-likeness (QED) is 0.775. The number of aliphatic hydroxyl groups excluding tert-OH is 1. The maximum absolute atomic E-state index is 12.5. The third-order valence-electron chi connectivity index (χ3n) is 6.55. The van der Waals surface area contributed by atoms with Gasteiger partial charge >= 0.3 is 12.2 Å². The molecule has 2 amide bonds. The van der Waals surface area contributed by atoms with Gasteiger partial charge in [0.25, 0.3) is 0 Å². The maximum atomic E-state index is 12.5. The molecule has 8 nitrogen and oxygen atoms in total. The molecule has 2 aromatic carbocycles. The van der Waals surface area contributed by atoms with Crippen LogP contribution in [0.15, 0.2) is 54.6 Å². The Kier molecular flexibility index (Phi) is 5.61. The van der Waals surface area contributed by atoms with Crippen molar-refractivity contribution in [3.05, 3.63) is 60.2 Å². The Balaban J connectivity index is 1.14. The number of amides is 2. The fourth-order valence-corrected chi connectivity index (χ4v) is 4.83. The maximum Gasteiger partial charge on any atom is 0.414 e. The Bertz CT molecular complexity index is 953. The summed E-state index contributed by atoms with van der Waals surface area (Å²) < 4.78 is 10.6. The van der Waals surface area contributed by atoms with Crippen molar-refractivity contribution in [1.82, 2.24) is 4.90 Å². The van der Waals surface area contributed by atoms with Crippen molar-refractivity contribution >= 4 is 23.6 Å². The van der Waals surface area contributed by atoms with Gasteiger partial charge in [-0.3, -0.25) is 4.90 Å². The minimum atomic E-state index is -0.470. The molecule has 3 heterocycles. The van der Waals surface area contributed by atoms with Crippen LogP contribution < -0.4 is 9.80 Å². The molecule has 5 rings (SSSR count). The van der Waals surface area contributed by atoms with E-state index in [0.717, 1.165) is 43.1 Å². The van der Waals surface area contributed by atoms with Gasteiger partial charge in [0.05, 0.1) is 13.2 Å². The van der Waals surface area contributed by atoms with E-state index >= 15 is 0 Å². The van der Waals surface area contributed by atoms with Crippen LogP contribution in [0.3, 0.4) is 0 Å². The zero-order chi connectivity index (χ0) is 22.1. The Morgan fingerprint density at radius 1 is 0.938 bits per heavy atom. The number of ether oxygens (including phenoxy) is 2. The molecular formula is C24H27N3O5. The molecule has 3 aliphatic rings. The number of likely N-dealkylation sites (tertiary alicyclic amines) is 1. The van der Waals surface area contributed by atoms with Gasteiger partial charge in [-0.2, -0.15) is 0 Å². The zero-order valence-electron chi connectivity index (χ0n) is 17.8. The highest BCUT2D eigenvalue weighted by molar-refractivity contribution is 5.90. The minimum absolute atomic E-state index is 0.173. The van der Waals surface area contributed by atoms with Gasteiger partial charge in [-0.15, -0.1) is 0 Å². The number of fused-ring (bicyclic) bond motifs is 1. The van der Waals surface area contributed by atoms with Gasteiger partial charge in [-0.25, -0.2) is 9.59 Å². The molecule has 0 radical (unpaired) electrons. The van der Waals surface area contributed by atoms with Gasteiger partial charge in [0, 0.05) is 49.4 Å². The lowest BCUT2D eigenvalue weighted by atomic mass is 10.0. The van der Waals surface area contributed by atoms with E-state index in [4.69, 9.17) is 9.47 Å². The lowest BCUT2D eigenvalue weighted by molar-refractivity contribution is 0.0963. The molecule has 0 aliphatic carbocycles. The first-order valence-corrected chi connectivity index (χ1v) is 11.0. The highest BCUT2D eigenvalue weighted by Crippen LogP contribution is 2.35. The molecule has 2 aromatic rings. The molecule has 3 aliphatic heterocycles. The van der Waals surface area contributed by atoms with Crippen LogP contribution in [0.4, 0.5) is 21.0 Å². The van der Waals surface area contributed by atoms with Crippen LogP contribution in [0.2, 0.25) is 0 Å². The summed E-state index contributed by atoms with van der Waals surface area (Å²) >= 11 is 0. The Labute approximate surface area is 186 Å². The van der Waals surface area contributed by atoms with Crippen molar-refractivity contribution < 1.29 is 24.2 Å². The molecule has 0 aromatic heterocycles. The first kappa shape index (κ1) is 20.6. The van der Waals surface area contributed by atoms with Crippen LogP contribution in [-0.2, 0) is 16.1 Å². The standard InChI is InChI=1S/C24H27N3O5/c28-15-22-14-27(24(30)32-22)21-8-6-20(7-9-21)25-10-18-12-26(13-19(18)11-25)23(29)31-16-17-4-2-1-3-5-17/h1-9,18-19,22,28H,10-16H2/t18-,19+,22-/m1/s1. The number of aliphatic hydroxyl groups is 1. The molecule has 0 bridgehead atoms. The average molecular weight is 437 g/mol. The first-order valence-electron chi connectivity index (χ1n) is 11.0. The van der Waals surface area contributed by atoms with E-state index in [0.29, 0.717) is 25.0 Å². The third-order valence-corrected chi connectivity index (χ3v) is 6.55. The van der Waals surface area contributed by atoms with E-state index in [9.17, 15) is 14.7 Å². The smallest absolute Gasteiger partial charge is 0.414 e. The largest absolute Gasteiger partial charge is 0.445 e. The summed E-state index contributed by atoms with van der Waals surface area (Å²) in [7, 11) is 0. The van der Waals surface area contributed by atoms with E-state index in [2.05, 4.69) is 4.90 Å². The number of benzene rings is 2. The number of carbonyl (C=O) groups is 2. The summed E-state index contributed by atoms with van der Waals surface area (Å²) in [5.41, 5.74) is 2.86. The van der Waals surface area contributed by atoms with Crippen LogP contribution in [0.25, 0.3) is 0 Å². The normalized spacial score (nSPS) is 24.6. The number of nitrogens with zero attached hydrogens (tertiary/aromatic N) is 3. The van der Waals surface area contributed by atoms with Crippen molar-refractivity contribution in [3.8, 4) is 0 Å². The monoisotopic (exact) mass is 437 g/mol. The van der Waals surface area contributed by atoms with Crippen molar-refractivity contribution in [2.45, 2.75) is 12.7 Å². The summed E-state index contributed by atoms with van der Waals surface area (Å²) in [5.74, 6) is 0.857. The first-order chi connectivity index (χ1) is 15.6. The fourth-order valence-electron chi connectivity index (χ4n) is 4.83. The van der Waals surface area contributed by atoms with E-state index in [1.807, 2.05) is 59.5 Å². The highest BCUT2D eigenvalue weighted by Gasteiger charge is 2.42. The van der Waals surface area contributed by atoms with Crippen molar-refractivity contribution in [1.29, 1.82) is 0 Å². The predicted molar refractivity (Wildman–Crippen MR) is 119 cm³/mol. The van der Waals surface area contributed by atoms with Crippen LogP contribution in [0.1, 0.15) is 5.56 Å². The van der Waals surface area contributed by atoms with Gasteiger partial charge in [0.1, 0.15) is 12.7 Å². The number of rotatable bonds is 5. The SMILES string of the molecule is O=C(OCc1ccccc1)N1C[C@@H]2CN(c3ccc(N4C[C@H](CO)OC4=O)cc3)C[C@@H]2C1. The molecule has 8 heteroatoms. The van der Waals surface area contributed by atoms with E-state index < -0.39 is 12.2 Å². The van der Waals surface area contributed by atoms with Crippen LogP contribution in [0, 0.1) is 11.8 Å². The van der Waals surface area contributed by atoms with Crippen LogP contribution in [-0.4, -0.2) is 67.6 Å². The molecule has 3 saturated heterocycles. The van der Waals surface area contributed by atoms with E-state index in [-0.39, 0.29) is 12.7 Å². The summed E-state index contributed by atoms with van der Waals surface area (Å²) in [6.45, 7) is 3.71. The van der Waals surface area contributed by atoms with Crippen molar-refractivity contribution in [2.24, 2.45) is 11.8 Å². The van der Waals surface area contributed by atoms with Gasteiger partial charge in [0.2, 0.25) is 0 Å². The molecule has 0 saturated carbocycles. The van der Waals surface area contributed by atoms with E-state index in [1.165, 1.54) is 0 Å². The lowest BCUT2D eigenvalue weighted by Crippen LogP contribution is -2.33. The predicted octanol–water partition coefficient (Wildman–Crippen LogP) is 2.71. The second-order valence-electron chi connectivity index (χ2n) is 8.69. The van der Waals surface area contributed by atoms with Crippen molar-refractivity contribution in [2.75, 3.05) is 49.1 Å². The number of carbonyl (C=O) groups excluding carboxylic acids is 2. The highest BCUT2D eigenvalue weighted by atomic mass is 16.6. The second-order valence-corrected chi connectivity index (χ2v) is 8.69. The Hall–Kier alpha value is -3.26. The number of cyclic esters (lactones) is 1. The Morgan fingerprint density at radius 2 is 1.59 bits per heavy atom. The van der Waals surface area contributed by atoms with Gasteiger partial charge in [0.15, 0.2) is 0 Å². The minimum Gasteiger partial charge on any atom is -0.445 e. The molecule has 32 heavy (non-hydrogen) atoms. The van der Waals surface area contributed by atoms with E-state index in [1.54, 1.807) is 4.90 Å². The zero-order valence-corrected chi connectivity index (χ0v) is 17.8. The topological polar surface area (TPSA) is 82.6 Å².